The maximum absolute atomic E-state index is 6.17. The van der Waals surface area contributed by atoms with E-state index in [1.165, 1.54) is 28.1 Å². The molecule has 2 aliphatic rings. The van der Waals surface area contributed by atoms with Crippen LogP contribution in [0.5, 0.6) is 0 Å². The van der Waals surface area contributed by atoms with Gasteiger partial charge in [-0.1, -0.05) is 133 Å². The van der Waals surface area contributed by atoms with Crippen LogP contribution in [-0.2, 0) is 0 Å². The van der Waals surface area contributed by atoms with E-state index in [0.717, 1.165) is 55.6 Å². The molecule has 11 rings (SSSR count). The van der Waals surface area contributed by atoms with Crippen molar-refractivity contribution < 1.29 is 4.42 Å². The SMILES string of the molecule is C1=CC2c3ccccc3N(c3ccccc3)C2C=C1N(c1ccc(-c2ccccc2)cc1)c1ccc(-c2ccc3c(ccc4oc(-c5ccccc5)nc43)c2)cc1. The fourth-order valence-corrected chi connectivity index (χ4v) is 8.66. The normalized spacial score (nSPS) is 15.7. The van der Waals surface area contributed by atoms with Crippen LogP contribution in [0.25, 0.3) is 55.6 Å². The molecule has 1 aromatic heterocycles. The summed E-state index contributed by atoms with van der Waals surface area (Å²) in [6.45, 7) is 0. The Bertz CT molecular complexity index is 2950. The molecule has 0 amide bonds. The number of allylic oxidation sites excluding steroid dienone is 1. The zero-order chi connectivity index (χ0) is 37.7. The van der Waals surface area contributed by atoms with E-state index in [-0.39, 0.29) is 12.0 Å². The van der Waals surface area contributed by atoms with Crippen molar-refractivity contribution in [2.45, 2.75) is 12.0 Å². The Kier molecular flexibility index (Phi) is 7.92. The van der Waals surface area contributed by atoms with Gasteiger partial charge < -0.3 is 14.2 Å². The summed E-state index contributed by atoms with van der Waals surface area (Å²) in [7, 11) is 0. The minimum absolute atomic E-state index is 0.132. The van der Waals surface area contributed by atoms with Gasteiger partial charge in [-0.25, -0.2) is 4.98 Å². The average Bonchev–Trinajstić information content (AvgIpc) is 3.88. The Labute approximate surface area is 331 Å². The molecule has 2 unspecified atom stereocenters. The van der Waals surface area contributed by atoms with Gasteiger partial charge in [-0.2, -0.15) is 0 Å². The van der Waals surface area contributed by atoms with Crippen LogP contribution in [0, 0.1) is 0 Å². The molecule has 1 aliphatic carbocycles. The Hall–Kier alpha value is -7.43. The highest BCUT2D eigenvalue weighted by Gasteiger charge is 2.39. The summed E-state index contributed by atoms with van der Waals surface area (Å²) in [6, 6.07) is 69.1. The van der Waals surface area contributed by atoms with Gasteiger partial charge in [0.25, 0.3) is 0 Å². The summed E-state index contributed by atoms with van der Waals surface area (Å²) in [6.07, 6.45) is 7.15. The highest BCUT2D eigenvalue weighted by molar-refractivity contribution is 6.05. The summed E-state index contributed by atoms with van der Waals surface area (Å²) in [5.74, 6) is 0.895. The topological polar surface area (TPSA) is 32.5 Å². The third kappa shape index (κ3) is 5.82. The third-order valence-corrected chi connectivity index (χ3v) is 11.4. The number of rotatable bonds is 7. The number of anilines is 4. The van der Waals surface area contributed by atoms with Crippen LogP contribution < -0.4 is 9.80 Å². The van der Waals surface area contributed by atoms with Crippen molar-refractivity contribution in [1.82, 2.24) is 4.98 Å². The fraction of sp³-hybridized carbons (Fsp3) is 0.0377. The first-order valence-corrected chi connectivity index (χ1v) is 19.5. The largest absolute Gasteiger partial charge is 0.436 e. The lowest BCUT2D eigenvalue weighted by Crippen LogP contribution is -2.31. The monoisotopic (exact) mass is 731 g/mol. The molecule has 0 spiro atoms. The zero-order valence-corrected chi connectivity index (χ0v) is 31.1. The predicted molar refractivity (Wildman–Crippen MR) is 235 cm³/mol. The number of fused-ring (bicyclic) bond motifs is 6. The van der Waals surface area contributed by atoms with E-state index in [0.29, 0.717) is 5.89 Å². The van der Waals surface area contributed by atoms with Crippen LogP contribution in [0.15, 0.2) is 222 Å². The molecule has 1 aliphatic heterocycles. The minimum Gasteiger partial charge on any atom is -0.436 e. The first-order chi connectivity index (χ1) is 28.2. The first-order valence-electron chi connectivity index (χ1n) is 19.5. The number of hydrogen-bond donors (Lipinski definition) is 0. The second kappa shape index (κ2) is 13.7. The van der Waals surface area contributed by atoms with Gasteiger partial charge in [-0.3, -0.25) is 0 Å². The number of oxazole rings is 1. The van der Waals surface area contributed by atoms with Gasteiger partial charge in [0.15, 0.2) is 5.58 Å². The van der Waals surface area contributed by atoms with Gasteiger partial charge in [0.05, 0.1) is 6.04 Å². The molecule has 8 aromatic carbocycles. The van der Waals surface area contributed by atoms with Gasteiger partial charge in [-0.05, 0) is 112 Å². The lowest BCUT2D eigenvalue weighted by atomic mass is 9.90. The van der Waals surface area contributed by atoms with Crippen LogP contribution in [0.4, 0.5) is 22.7 Å². The van der Waals surface area contributed by atoms with Crippen molar-refractivity contribution in [3.8, 4) is 33.7 Å². The van der Waals surface area contributed by atoms with E-state index < -0.39 is 0 Å². The molecule has 57 heavy (non-hydrogen) atoms. The van der Waals surface area contributed by atoms with E-state index in [9.17, 15) is 0 Å². The molecule has 0 radical (unpaired) electrons. The molecule has 9 aromatic rings. The maximum atomic E-state index is 6.17. The number of benzene rings is 8. The fourth-order valence-electron chi connectivity index (χ4n) is 8.66. The molecule has 4 nitrogen and oxygen atoms in total. The molecule has 0 saturated carbocycles. The van der Waals surface area contributed by atoms with Gasteiger partial charge in [0, 0.05) is 45.3 Å². The molecule has 2 heterocycles. The quantitative estimate of drug-likeness (QED) is 0.163. The summed E-state index contributed by atoms with van der Waals surface area (Å²) in [5.41, 5.74) is 14.5. The summed E-state index contributed by atoms with van der Waals surface area (Å²) >= 11 is 0. The Morgan fingerprint density at radius 1 is 0.526 bits per heavy atom. The van der Waals surface area contributed by atoms with Crippen LogP contribution >= 0.6 is 0 Å². The van der Waals surface area contributed by atoms with E-state index in [1.807, 2.05) is 36.4 Å². The summed E-state index contributed by atoms with van der Waals surface area (Å²) < 4.78 is 6.17. The minimum atomic E-state index is 0.132. The van der Waals surface area contributed by atoms with Crippen molar-refractivity contribution in [2.24, 2.45) is 0 Å². The Morgan fingerprint density at radius 3 is 1.84 bits per heavy atom. The molecule has 0 fully saturated rings. The third-order valence-electron chi connectivity index (χ3n) is 11.4. The van der Waals surface area contributed by atoms with Crippen molar-refractivity contribution in [2.75, 3.05) is 9.80 Å². The number of aromatic nitrogens is 1. The van der Waals surface area contributed by atoms with Crippen LogP contribution in [0.3, 0.4) is 0 Å². The highest BCUT2D eigenvalue weighted by atomic mass is 16.3. The molecule has 2 atom stereocenters. The average molecular weight is 732 g/mol. The number of para-hydroxylation sites is 2. The molecule has 0 bridgehead atoms. The summed E-state index contributed by atoms with van der Waals surface area (Å²) in [4.78, 5) is 9.80. The van der Waals surface area contributed by atoms with Gasteiger partial charge in [0.1, 0.15) is 5.52 Å². The highest BCUT2D eigenvalue weighted by Crippen LogP contribution is 2.49. The summed E-state index contributed by atoms with van der Waals surface area (Å²) in [5, 5.41) is 2.21. The predicted octanol–water partition coefficient (Wildman–Crippen LogP) is 13.9. The lowest BCUT2D eigenvalue weighted by molar-refractivity contribution is 0.620. The van der Waals surface area contributed by atoms with E-state index in [4.69, 9.17) is 9.40 Å². The van der Waals surface area contributed by atoms with Gasteiger partial charge >= 0.3 is 0 Å². The van der Waals surface area contributed by atoms with Crippen molar-refractivity contribution in [3.63, 3.8) is 0 Å². The zero-order valence-electron chi connectivity index (χ0n) is 31.1. The van der Waals surface area contributed by atoms with Gasteiger partial charge in [0.2, 0.25) is 5.89 Å². The van der Waals surface area contributed by atoms with Crippen molar-refractivity contribution in [1.29, 1.82) is 0 Å². The molecule has 0 N–H and O–H groups in total. The smallest absolute Gasteiger partial charge is 0.227 e. The first kappa shape index (κ1) is 33.0. The number of nitrogens with zero attached hydrogens (tertiary/aromatic N) is 3. The molecule has 4 heteroatoms. The van der Waals surface area contributed by atoms with Crippen LogP contribution in [0.2, 0.25) is 0 Å². The molecular weight excluding hydrogens is 695 g/mol. The molecule has 0 saturated heterocycles. The van der Waals surface area contributed by atoms with E-state index in [1.54, 1.807) is 0 Å². The second-order valence-corrected chi connectivity index (χ2v) is 14.8. The van der Waals surface area contributed by atoms with Crippen molar-refractivity contribution >= 4 is 44.6 Å². The van der Waals surface area contributed by atoms with Crippen LogP contribution in [0.1, 0.15) is 11.5 Å². The van der Waals surface area contributed by atoms with Gasteiger partial charge in [-0.15, -0.1) is 0 Å². The van der Waals surface area contributed by atoms with Crippen LogP contribution in [-0.4, -0.2) is 11.0 Å². The number of hydrogen-bond acceptors (Lipinski definition) is 4. The van der Waals surface area contributed by atoms with E-state index in [2.05, 4.69) is 186 Å². The second-order valence-electron chi connectivity index (χ2n) is 14.8. The van der Waals surface area contributed by atoms with E-state index >= 15 is 0 Å². The molecular formula is C53H37N3O. The Morgan fingerprint density at radius 2 is 1.12 bits per heavy atom. The molecule has 270 valence electrons. The Balaban J connectivity index is 0.970. The standard InChI is InChI=1S/C53H37N3O/c1-4-12-36(13-5-1)37-20-26-43(27-21-37)55(45-30-32-48-47-18-10-11-19-49(47)56(50(48)35-45)42-16-8-3-9-17-42)44-28-22-38(23-29-44)40-24-31-46-41(34-40)25-33-51-52(46)54-53(57-51)39-14-6-2-7-15-39/h1-35,48,50H. The maximum Gasteiger partial charge on any atom is 0.227 e. The lowest BCUT2D eigenvalue weighted by Gasteiger charge is -2.34. The van der Waals surface area contributed by atoms with Crippen molar-refractivity contribution in [3.05, 3.63) is 224 Å².